The van der Waals surface area contributed by atoms with Crippen molar-refractivity contribution >= 4 is 17.7 Å². The topological polar surface area (TPSA) is 73.7 Å². The van der Waals surface area contributed by atoms with Gasteiger partial charge in [-0.1, -0.05) is 30.3 Å². The molecule has 0 spiro atoms. The van der Waals surface area contributed by atoms with Crippen LogP contribution in [-0.4, -0.2) is 53.7 Å². The molecule has 0 bridgehead atoms. The van der Waals surface area contributed by atoms with Crippen molar-refractivity contribution in [1.82, 2.24) is 9.78 Å². The Bertz CT molecular complexity index is 934. The van der Waals surface area contributed by atoms with Crippen molar-refractivity contribution in [1.29, 1.82) is 0 Å². The number of carbonyl (C=O) groups excluding carboxylic acids is 2. The van der Waals surface area contributed by atoms with Gasteiger partial charge in [-0.25, -0.2) is 9.18 Å². The number of hydrogen-bond acceptors (Lipinski definition) is 5. The lowest BCUT2D eigenvalue weighted by Gasteiger charge is -2.36. The number of benzene rings is 1. The smallest absolute Gasteiger partial charge is 0.343 e. The fraction of sp³-hybridized carbons (Fsp3) is 0.560. The Morgan fingerprint density at radius 3 is 2.48 bits per heavy atom. The molecule has 4 rings (SSSR count). The number of halogens is 1. The number of rotatable bonds is 7. The van der Waals surface area contributed by atoms with Crippen LogP contribution in [0.15, 0.2) is 36.5 Å². The summed E-state index contributed by atoms with van der Waals surface area (Å²) in [5.74, 6) is -0.508. The van der Waals surface area contributed by atoms with Crippen LogP contribution in [0.1, 0.15) is 61.4 Å². The first-order valence-corrected chi connectivity index (χ1v) is 11.9. The second-order valence-electron chi connectivity index (χ2n) is 8.77. The summed E-state index contributed by atoms with van der Waals surface area (Å²) in [6.07, 6.45) is 3.97. The number of amides is 1. The van der Waals surface area contributed by atoms with Crippen molar-refractivity contribution in [3.63, 3.8) is 0 Å². The van der Waals surface area contributed by atoms with Crippen molar-refractivity contribution in [2.24, 2.45) is 5.92 Å². The highest BCUT2D eigenvalue weighted by Crippen LogP contribution is 2.33. The molecule has 8 heteroatoms. The molecule has 2 aromatic rings. The zero-order chi connectivity index (χ0) is 23.2. The van der Waals surface area contributed by atoms with Gasteiger partial charge in [-0.05, 0) is 51.0 Å². The van der Waals surface area contributed by atoms with Crippen LogP contribution in [0.5, 0.6) is 0 Å². The van der Waals surface area contributed by atoms with Crippen LogP contribution < -0.4 is 4.90 Å². The largest absolute Gasteiger partial charge is 0.462 e. The fourth-order valence-electron chi connectivity index (χ4n) is 4.69. The number of ether oxygens (including phenoxy) is 2. The molecule has 1 aromatic carbocycles. The van der Waals surface area contributed by atoms with Gasteiger partial charge in [0.05, 0.1) is 13.2 Å². The van der Waals surface area contributed by atoms with E-state index in [1.807, 2.05) is 30.3 Å². The molecule has 2 heterocycles. The highest BCUT2D eigenvalue weighted by molar-refractivity contribution is 6.02. The quantitative estimate of drug-likeness (QED) is 0.584. The maximum absolute atomic E-state index is 13.8. The van der Waals surface area contributed by atoms with E-state index in [0.29, 0.717) is 64.1 Å². The average Bonchev–Trinajstić information content (AvgIpc) is 3.24. The molecule has 0 N–H and O–H groups in total. The van der Waals surface area contributed by atoms with E-state index in [4.69, 9.17) is 14.6 Å². The molecule has 1 saturated carbocycles. The lowest BCUT2D eigenvalue weighted by molar-refractivity contribution is -0.124. The van der Waals surface area contributed by atoms with Gasteiger partial charge in [0.1, 0.15) is 11.7 Å². The number of hydrogen-bond donors (Lipinski definition) is 0. The minimum absolute atomic E-state index is 0.0793. The normalized spacial score (nSPS) is 21.5. The Balaban J connectivity index is 1.70. The highest BCUT2D eigenvalue weighted by atomic mass is 19.1. The van der Waals surface area contributed by atoms with Crippen LogP contribution in [-0.2, 0) is 20.8 Å². The number of aromatic nitrogens is 2. The Kier molecular flexibility index (Phi) is 7.75. The van der Waals surface area contributed by atoms with Crippen LogP contribution in [0.4, 0.5) is 10.2 Å². The van der Waals surface area contributed by atoms with Crippen molar-refractivity contribution < 1.29 is 23.5 Å². The number of anilines is 1. The predicted molar refractivity (Wildman–Crippen MR) is 122 cm³/mol. The van der Waals surface area contributed by atoms with Crippen molar-refractivity contribution in [3.05, 3.63) is 47.7 Å². The Hall–Kier alpha value is -2.74. The lowest BCUT2D eigenvalue weighted by atomic mass is 9.86. The summed E-state index contributed by atoms with van der Waals surface area (Å²) in [7, 11) is 0. The number of nitrogens with zero attached hydrogens (tertiary/aromatic N) is 3. The van der Waals surface area contributed by atoms with E-state index in [0.717, 1.165) is 5.56 Å². The van der Waals surface area contributed by atoms with Gasteiger partial charge in [-0.2, -0.15) is 5.10 Å². The summed E-state index contributed by atoms with van der Waals surface area (Å²) in [6.45, 7) is 3.54. The number of carbonyl (C=O) groups is 2. The zero-order valence-electron chi connectivity index (χ0n) is 19.1. The van der Waals surface area contributed by atoms with E-state index in [2.05, 4.69) is 0 Å². The molecular weight excluding hydrogens is 425 g/mol. The van der Waals surface area contributed by atoms with Gasteiger partial charge in [0.25, 0.3) is 0 Å². The van der Waals surface area contributed by atoms with Gasteiger partial charge < -0.3 is 9.47 Å². The monoisotopic (exact) mass is 457 g/mol. The van der Waals surface area contributed by atoms with Gasteiger partial charge in [-0.3, -0.25) is 14.4 Å². The first kappa shape index (κ1) is 23.4. The molecule has 1 aliphatic heterocycles. The standard InChI is InChI=1S/C25H32FN3O4/c1-2-33-25(31)22-17-28(16-18-6-4-3-5-7-18)27-23(22)29(21-12-14-32-15-13-21)24(30)19-8-10-20(26)11-9-19/h3-7,17,19-21H,2,8-16H2,1H3. The number of esters is 1. The summed E-state index contributed by atoms with van der Waals surface area (Å²) in [5.41, 5.74) is 1.32. The van der Waals surface area contributed by atoms with E-state index >= 15 is 0 Å². The van der Waals surface area contributed by atoms with E-state index in [9.17, 15) is 14.0 Å². The van der Waals surface area contributed by atoms with Gasteiger partial charge >= 0.3 is 5.97 Å². The molecule has 1 amide bonds. The van der Waals surface area contributed by atoms with Crippen molar-refractivity contribution in [3.8, 4) is 0 Å². The van der Waals surface area contributed by atoms with Gasteiger partial charge in [0, 0.05) is 31.4 Å². The average molecular weight is 458 g/mol. The molecule has 0 radical (unpaired) electrons. The lowest BCUT2D eigenvalue weighted by Crippen LogP contribution is -2.48. The molecule has 2 fully saturated rings. The highest BCUT2D eigenvalue weighted by Gasteiger charge is 2.38. The number of alkyl halides is 1. The van der Waals surface area contributed by atoms with E-state index in [1.165, 1.54) is 0 Å². The van der Waals surface area contributed by atoms with E-state index in [-0.39, 0.29) is 30.0 Å². The third-order valence-corrected chi connectivity index (χ3v) is 6.45. The van der Waals surface area contributed by atoms with Gasteiger partial charge in [-0.15, -0.1) is 0 Å². The molecule has 1 aromatic heterocycles. The predicted octanol–water partition coefficient (Wildman–Crippen LogP) is 4.15. The van der Waals surface area contributed by atoms with Crippen LogP contribution >= 0.6 is 0 Å². The SMILES string of the molecule is CCOC(=O)c1cn(Cc2ccccc2)nc1N(C(=O)C1CCC(F)CC1)C1CCOCC1. The second kappa shape index (κ2) is 10.9. The Labute approximate surface area is 193 Å². The van der Waals surface area contributed by atoms with Crippen molar-refractivity contribution in [2.75, 3.05) is 24.7 Å². The molecule has 2 aliphatic rings. The zero-order valence-corrected chi connectivity index (χ0v) is 19.1. The molecule has 0 atom stereocenters. The van der Waals surface area contributed by atoms with E-state index < -0.39 is 12.1 Å². The third-order valence-electron chi connectivity index (χ3n) is 6.45. The Morgan fingerprint density at radius 1 is 1.12 bits per heavy atom. The van der Waals surface area contributed by atoms with Gasteiger partial charge in [0.2, 0.25) is 5.91 Å². The van der Waals surface area contributed by atoms with Crippen LogP contribution in [0.3, 0.4) is 0 Å². The van der Waals surface area contributed by atoms with Crippen LogP contribution in [0.25, 0.3) is 0 Å². The summed E-state index contributed by atoms with van der Waals surface area (Å²) < 4.78 is 26.3. The molecule has 7 nitrogen and oxygen atoms in total. The fourth-order valence-corrected chi connectivity index (χ4v) is 4.69. The van der Waals surface area contributed by atoms with Crippen LogP contribution in [0.2, 0.25) is 0 Å². The molecular formula is C25H32FN3O4. The van der Waals surface area contributed by atoms with E-state index in [1.54, 1.807) is 22.7 Å². The molecule has 1 aliphatic carbocycles. The summed E-state index contributed by atoms with van der Waals surface area (Å²) in [4.78, 5) is 28.3. The molecule has 33 heavy (non-hydrogen) atoms. The minimum atomic E-state index is -0.842. The van der Waals surface area contributed by atoms with Crippen LogP contribution in [0, 0.1) is 5.92 Å². The summed E-state index contributed by atoms with van der Waals surface area (Å²) in [6, 6.07) is 9.70. The second-order valence-corrected chi connectivity index (χ2v) is 8.77. The first-order chi connectivity index (χ1) is 16.1. The summed E-state index contributed by atoms with van der Waals surface area (Å²) in [5, 5.41) is 4.72. The molecule has 178 valence electrons. The molecule has 0 unspecified atom stereocenters. The summed E-state index contributed by atoms with van der Waals surface area (Å²) >= 11 is 0. The molecule has 1 saturated heterocycles. The minimum Gasteiger partial charge on any atom is -0.462 e. The van der Waals surface area contributed by atoms with Crippen molar-refractivity contribution in [2.45, 2.75) is 64.2 Å². The Morgan fingerprint density at radius 2 is 1.82 bits per heavy atom. The maximum atomic E-state index is 13.8. The van der Waals surface area contributed by atoms with Gasteiger partial charge in [0.15, 0.2) is 5.82 Å². The maximum Gasteiger partial charge on any atom is 0.343 e. The third kappa shape index (κ3) is 5.61. The first-order valence-electron chi connectivity index (χ1n) is 11.9.